The van der Waals surface area contributed by atoms with Gasteiger partial charge in [-0.05, 0) is 49.9 Å². The SMILES string of the molecule is Cc1ccc(-c2cnc3ccc(NC(=O)NCC4CC4)nc3n2)o1. The molecule has 3 aromatic heterocycles. The predicted octanol–water partition coefficient (Wildman–Crippen LogP) is 3.12. The molecule has 0 saturated heterocycles. The minimum Gasteiger partial charge on any atom is -0.460 e. The van der Waals surface area contributed by atoms with Gasteiger partial charge in [0.15, 0.2) is 11.4 Å². The number of rotatable bonds is 4. The zero-order valence-corrected chi connectivity index (χ0v) is 13.2. The number of aryl methyl sites for hydroxylation is 1. The van der Waals surface area contributed by atoms with Crippen molar-refractivity contribution < 1.29 is 9.21 Å². The van der Waals surface area contributed by atoms with Crippen LogP contribution in [-0.4, -0.2) is 27.5 Å². The van der Waals surface area contributed by atoms with Crippen LogP contribution in [0.25, 0.3) is 22.6 Å². The molecule has 0 aliphatic heterocycles. The summed E-state index contributed by atoms with van der Waals surface area (Å²) in [6.07, 6.45) is 4.04. The summed E-state index contributed by atoms with van der Waals surface area (Å²) in [5, 5.41) is 5.57. The van der Waals surface area contributed by atoms with Crippen molar-refractivity contribution >= 4 is 23.0 Å². The number of nitrogens with zero attached hydrogens (tertiary/aromatic N) is 3. The number of hydrogen-bond donors (Lipinski definition) is 2. The molecule has 0 spiro atoms. The number of anilines is 1. The quantitative estimate of drug-likeness (QED) is 0.769. The number of amides is 2. The average molecular weight is 323 g/mol. The van der Waals surface area contributed by atoms with Crippen LogP contribution < -0.4 is 10.6 Å². The van der Waals surface area contributed by atoms with E-state index in [-0.39, 0.29) is 6.03 Å². The minimum absolute atomic E-state index is 0.250. The number of pyridine rings is 1. The maximum absolute atomic E-state index is 11.9. The Morgan fingerprint density at radius 2 is 2.12 bits per heavy atom. The molecule has 7 nitrogen and oxygen atoms in total. The minimum atomic E-state index is -0.250. The van der Waals surface area contributed by atoms with Crippen LogP contribution in [0.4, 0.5) is 10.6 Å². The third-order valence-corrected chi connectivity index (χ3v) is 3.89. The molecule has 0 unspecified atom stereocenters. The lowest BCUT2D eigenvalue weighted by Crippen LogP contribution is -2.30. The zero-order chi connectivity index (χ0) is 16.5. The van der Waals surface area contributed by atoms with Gasteiger partial charge in [-0.3, -0.25) is 10.3 Å². The van der Waals surface area contributed by atoms with Crippen molar-refractivity contribution in [1.29, 1.82) is 0 Å². The van der Waals surface area contributed by atoms with Crippen LogP contribution in [-0.2, 0) is 0 Å². The smallest absolute Gasteiger partial charge is 0.320 e. The van der Waals surface area contributed by atoms with Crippen molar-refractivity contribution in [3.63, 3.8) is 0 Å². The van der Waals surface area contributed by atoms with Gasteiger partial charge in [-0.25, -0.2) is 14.8 Å². The average Bonchev–Trinajstić information content (AvgIpc) is 3.32. The summed E-state index contributed by atoms with van der Waals surface area (Å²) in [7, 11) is 0. The predicted molar refractivity (Wildman–Crippen MR) is 89.5 cm³/mol. The first-order valence-electron chi connectivity index (χ1n) is 7.93. The Balaban J connectivity index is 1.55. The number of furan rings is 1. The number of urea groups is 1. The maximum atomic E-state index is 11.9. The molecule has 1 saturated carbocycles. The summed E-state index contributed by atoms with van der Waals surface area (Å²) in [6.45, 7) is 2.58. The van der Waals surface area contributed by atoms with Gasteiger partial charge < -0.3 is 9.73 Å². The van der Waals surface area contributed by atoms with E-state index in [0.717, 1.165) is 5.76 Å². The lowest BCUT2D eigenvalue weighted by Gasteiger charge is -2.07. The van der Waals surface area contributed by atoms with Gasteiger partial charge in [-0.1, -0.05) is 0 Å². The summed E-state index contributed by atoms with van der Waals surface area (Å²) >= 11 is 0. The lowest BCUT2D eigenvalue weighted by molar-refractivity contribution is 0.251. The third-order valence-electron chi connectivity index (χ3n) is 3.89. The summed E-state index contributed by atoms with van der Waals surface area (Å²) < 4.78 is 5.56. The van der Waals surface area contributed by atoms with Gasteiger partial charge in [0.25, 0.3) is 0 Å². The highest BCUT2D eigenvalue weighted by Gasteiger charge is 2.21. The highest BCUT2D eigenvalue weighted by Crippen LogP contribution is 2.27. The Kier molecular flexibility index (Phi) is 3.60. The number of nitrogens with one attached hydrogen (secondary N) is 2. The van der Waals surface area contributed by atoms with Gasteiger partial charge in [-0.15, -0.1) is 0 Å². The van der Waals surface area contributed by atoms with Crippen molar-refractivity contribution in [1.82, 2.24) is 20.3 Å². The summed E-state index contributed by atoms with van der Waals surface area (Å²) in [6, 6.07) is 6.96. The molecular formula is C17H17N5O2. The molecule has 24 heavy (non-hydrogen) atoms. The van der Waals surface area contributed by atoms with Crippen molar-refractivity contribution in [3.05, 3.63) is 36.2 Å². The molecule has 122 valence electrons. The summed E-state index contributed by atoms with van der Waals surface area (Å²) in [5.41, 5.74) is 1.73. The van der Waals surface area contributed by atoms with Gasteiger partial charge in [-0.2, -0.15) is 0 Å². The van der Waals surface area contributed by atoms with Crippen LogP contribution in [0.1, 0.15) is 18.6 Å². The van der Waals surface area contributed by atoms with Crippen molar-refractivity contribution in [2.45, 2.75) is 19.8 Å². The summed E-state index contributed by atoms with van der Waals surface area (Å²) in [5.74, 6) is 2.52. The van der Waals surface area contributed by atoms with Crippen LogP contribution in [0.3, 0.4) is 0 Å². The normalized spacial score (nSPS) is 13.9. The Bertz CT molecular complexity index is 901. The Morgan fingerprint density at radius 1 is 1.25 bits per heavy atom. The van der Waals surface area contributed by atoms with E-state index in [0.29, 0.717) is 40.9 Å². The second kappa shape index (κ2) is 5.92. The highest BCUT2D eigenvalue weighted by atomic mass is 16.3. The maximum Gasteiger partial charge on any atom is 0.320 e. The van der Waals surface area contributed by atoms with E-state index in [1.807, 2.05) is 19.1 Å². The Hall–Kier alpha value is -2.96. The molecule has 1 fully saturated rings. The topological polar surface area (TPSA) is 92.9 Å². The molecule has 0 aromatic carbocycles. The van der Waals surface area contributed by atoms with Gasteiger partial charge in [0.2, 0.25) is 0 Å². The van der Waals surface area contributed by atoms with Gasteiger partial charge in [0.05, 0.1) is 6.20 Å². The number of carbonyl (C=O) groups excluding carboxylic acids is 1. The second-order valence-corrected chi connectivity index (χ2v) is 5.98. The monoisotopic (exact) mass is 323 g/mol. The molecule has 3 aromatic rings. The van der Waals surface area contributed by atoms with Gasteiger partial charge >= 0.3 is 6.03 Å². The van der Waals surface area contributed by atoms with Crippen LogP contribution in [0.5, 0.6) is 0 Å². The number of carbonyl (C=O) groups is 1. The van der Waals surface area contributed by atoms with E-state index in [9.17, 15) is 4.79 Å². The molecule has 2 N–H and O–H groups in total. The van der Waals surface area contributed by atoms with Gasteiger partial charge in [0, 0.05) is 6.54 Å². The largest absolute Gasteiger partial charge is 0.460 e. The van der Waals surface area contributed by atoms with Crippen molar-refractivity contribution in [3.8, 4) is 11.5 Å². The first-order valence-corrected chi connectivity index (χ1v) is 7.93. The molecule has 0 bridgehead atoms. The number of hydrogen-bond acceptors (Lipinski definition) is 5. The molecule has 4 rings (SSSR count). The Morgan fingerprint density at radius 3 is 2.88 bits per heavy atom. The fourth-order valence-corrected chi connectivity index (χ4v) is 2.38. The molecule has 3 heterocycles. The van der Waals surface area contributed by atoms with Crippen molar-refractivity contribution in [2.75, 3.05) is 11.9 Å². The second-order valence-electron chi connectivity index (χ2n) is 5.98. The van der Waals surface area contributed by atoms with Crippen LogP contribution in [0.15, 0.2) is 34.9 Å². The van der Waals surface area contributed by atoms with Crippen LogP contribution in [0, 0.1) is 12.8 Å². The fourth-order valence-electron chi connectivity index (χ4n) is 2.38. The molecule has 0 radical (unpaired) electrons. The Labute approximate surface area is 138 Å². The lowest BCUT2D eigenvalue weighted by atomic mass is 10.3. The van der Waals surface area contributed by atoms with E-state index in [4.69, 9.17) is 4.42 Å². The zero-order valence-electron chi connectivity index (χ0n) is 13.2. The molecular weight excluding hydrogens is 306 g/mol. The van der Waals surface area contributed by atoms with E-state index in [1.165, 1.54) is 12.8 Å². The van der Waals surface area contributed by atoms with E-state index >= 15 is 0 Å². The first kappa shape index (κ1) is 14.6. The standard InChI is InChI=1S/C17H17N5O2/c1-10-2-6-14(24-10)13-9-18-12-5-7-15(21-16(12)20-13)22-17(23)19-8-11-3-4-11/h2,5-7,9,11H,3-4,8H2,1H3,(H2,19,20,21,22,23). The molecule has 1 aliphatic rings. The number of fused-ring (bicyclic) bond motifs is 1. The van der Waals surface area contributed by atoms with Crippen LogP contribution in [0.2, 0.25) is 0 Å². The third kappa shape index (κ3) is 3.19. The first-order chi connectivity index (χ1) is 11.7. The van der Waals surface area contributed by atoms with Gasteiger partial charge in [0.1, 0.15) is 22.8 Å². The van der Waals surface area contributed by atoms with Crippen molar-refractivity contribution in [2.24, 2.45) is 5.92 Å². The van der Waals surface area contributed by atoms with E-state index in [1.54, 1.807) is 18.3 Å². The van der Waals surface area contributed by atoms with Crippen LogP contribution >= 0.6 is 0 Å². The number of aromatic nitrogens is 3. The summed E-state index contributed by atoms with van der Waals surface area (Å²) in [4.78, 5) is 25.0. The molecule has 1 aliphatic carbocycles. The highest BCUT2D eigenvalue weighted by molar-refractivity contribution is 5.89. The van der Waals surface area contributed by atoms with E-state index < -0.39 is 0 Å². The van der Waals surface area contributed by atoms with E-state index in [2.05, 4.69) is 25.6 Å². The molecule has 7 heteroatoms. The molecule has 2 amide bonds. The fraction of sp³-hybridized carbons (Fsp3) is 0.294. The molecule has 0 atom stereocenters.